The van der Waals surface area contributed by atoms with Crippen molar-refractivity contribution in [2.75, 3.05) is 6.54 Å². The van der Waals surface area contributed by atoms with Crippen LogP contribution in [0.1, 0.15) is 24.5 Å². The van der Waals surface area contributed by atoms with Crippen molar-refractivity contribution in [2.45, 2.75) is 26.4 Å². The molecule has 2 aromatic carbocycles. The van der Waals surface area contributed by atoms with E-state index in [4.69, 9.17) is 0 Å². The first-order valence-electron chi connectivity index (χ1n) is 7.40. The Morgan fingerprint density at radius 3 is 1.81 bits per heavy atom. The topological polar surface area (TPSA) is 32.3 Å². The SMILES string of the molecule is CCCNC(=O)N(Cc1ccccc1)Cc1ccccc1. The lowest BCUT2D eigenvalue weighted by molar-refractivity contribution is 0.192. The van der Waals surface area contributed by atoms with Crippen LogP contribution in [0.15, 0.2) is 60.7 Å². The zero-order valence-corrected chi connectivity index (χ0v) is 12.5. The minimum absolute atomic E-state index is 0.00967. The average molecular weight is 282 g/mol. The van der Waals surface area contributed by atoms with Gasteiger partial charge in [-0.1, -0.05) is 67.6 Å². The summed E-state index contributed by atoms with van der Waals surface area (Å²) in [5.41, 5.74) is 2.28. The van der Waals surface area contributed by atoms with E-state index in [9.17, 15) is 4.79 Å². The molecule has 0 aliphatic heterocycles. The Bertz CT molecular complexity index is 498. The molecule has 2 amide bonds. The molecule has 21 heavy (non-hydrogen) atoms. The van der Waals surface area contributed by atoms with Crippen LogP contribution < -0.4 is 5.32 Å². The second-order valence-electron chi connectivity index (χ2n) is 5.06. The molecule has 0 heterocycles. The van der Waals surface area contributed by atoms with Crippen LogP contribution >= 0.6 is 0 Å². The molecule has 0 saturated heterocycles. The minimum atomic E-state index is -0.00967. The highest BCUT2D eigenvalue weighted by Gasteiger charge is 2.13. The molecule has 0 aromatic heterocycles. The molecule has 0 aliphatic carbocycles. The summed E-state index contributed by atoms with van der Waals surface area (Å²) in [5, 5.41) is 2.96. The number of nitrogens with one attached hydrogen (secondary N) is 1. The number of amides is 2. The quantitative estimate of drug-likeness (QED) is 0.858. The third-order valence-corrected chi connectivity index (χ3v) is 3.25. The van der Waals surface area contributed by atoms with Crippen LogP contribution in [0.5, 0.6) is 0 Å². The van der Waals surface area contributed by atoms with Gasteiger partial charge in [-0.25, -0.2) is 4.79 Å². The van der Waals surface area contributed by atoms with E-state index in [2.05, 4.69) is 12.2 Å². The van der Waals surface area contributed by atoms with E-state index in [0.717, 1.165) is 17.5 Å². The molecule has 0 aliphatic rings. The number of rotatable bonds is 6. The normalized spacial score (nSPS) is 10.1. The van der Waals surface area contributed by atoms with Gasteiger partial charge < -0.3 is 10.2 Å². The van der Waals surface area contributed by atoms with Crippen LogP contribution in [0.3, 0.4) is 0 Å². The van der Waals surface area contributed by atoms with Crippen LogP contribution in [-0.4, -0.2) is 17.5 Å². The molecule has 3 heteroatoms. The lowest BCUT2D eigenvalue weighted by atomic mass is 10.2. The molecule has 0 unspecified atom stereocenters. The van der Waals surface area contributed by atoms with Gasteiger partial charge in [0.2, 0.25) is 0 Å². The van der Waals surface area contributed by atoms with Crippen molar-refractivity contribution >= 4 is 6.03 Å². The fraction of sp³-hybridized carbons (Fsp3) is 0.278. The first kappa shape index (κ1) is 15.1. The fourth-order valence-electron chi connectivity index (χ4n) is 2.15. The summed E-state index contributed by atoms with van der Waals surface area (Å²) in [6.07, 6.45) is 0.941. The van der Waals surface area contributed by atoms with Crippen molar-refractivity contribution < 1.29 is 4.79 Å². The second kappa shape index (κ2) is 8.10. The highest BCUT2D eigenvalue weighted by molar-refractivity contribution is 5.74. The lowest BCUT2D eigenvalue weighted by Crippen LogP contribution is -2.39. The highest BCUT2D eigenvalue weighted by Crippen LogP contribution is 2.10. The summed E-state index contributed by atoms with van der Waals surface area (Å²) >= 11 is 0. The van der Waals surface area contributed by atoms with Gasteiger partial charge in [0.05, 0.1) is 0 Å². The third kappa shape index (κ3) is 4.95. The molecule has 2 aromatic rings. The Labute approximate surface area is 126 Å². The molecule has 3 nitrogen and oxygen atoms in total. The number of urea groups is 1. The van der Waals surface area contributed by atoms with E-state index in [1.165, 1.54) is 0 Å². The van der Waals surface area contributed by atoms with E-state index in [1.54, 1.807) is 0 Å². The number of hydrogen-bond donors (Lipinski definition) is 1. The highest BCUT2D eigenvalue weighted by atomic mass is 16.2. The third-order valence-electron chi connectivity index (χ3n) is 3.25. The van der Waals surface area contributed by atoms with Crippen LogP contribution in [0, 0.1) is 0 Å². The van der Waals surface area contributed by atoms with Crippen LogP contribution in [0.25, 0.3) is 0 Å². The smallest absolute Gasteiger partial charge is 0.318 e. The second-order valence-corrected chi connectivity index (χ2v) is 5.06. The summed E-state index contributed by atoms with van der Waals surface area (Å²) in [5.74, 6) is 0. The van der Waals surface area contributed by atoms with Crippen molar-refractivity contribution in [3.05, 3.63) is 71.8 Å². The number of carbonyl (C=O) groups is 1. The molecular formula is C18H22N2O. The Hall–Kier alpha value is -2.29. The Balaban J connectivity index is 2.08. The zero-order chi connectivity index (χ0) is 14.9. The van der Waals surface area contributed by atoms with Crippen molar-refractivity contribution in [1.82, 2.24) is 10.2 Å². The summed E-state index contributed by atoms with van der Waals surface area (Å²) < 4.78 is 0. The molecule has 1 N–H and O–H groups in total. The van der Waals surface area contributed by atoms with E-state index < -0.39 is 0 Å². The molecule has 110 valence electrons. The number of benzene rings is 2. The molecule has 0 radical (unpaired) electrons. The van der Waals surface area contributed by atoms with E-state index >= 15 is 0 Å². The van der Waals surface area contributed by atoms with E-state index in [1.807, 2.05) is 65.6 Å². The van der Waals surface area contributed by atoms with Gasteiger partial charge in [0.1, 0.15) is 0 Å². The predicted octanol–water partition coefficient (Wildman–Crippen LogP) is 3.81. The minimum Gasteiger partial charge on any atom is -0.338 e. The maximum absolute atomic E-state index is 12.3. The van der Waals surface area contributed by atoms with Crippen molar-refractivity contribution in [3.8, 4) is 0 Å². The van der Waals surface area contributed by atoms with Crippen molar-refractivity contribution in [2.24, 2.45) is 0 Å². The summed E-state index contributed by atoms with van der Waals surface area (Å²) in [7, 11) is 0. The van der Waals surface area contributed by atoms with E-state index in [0.29, 0.717) is 19.6 Å². The number of hydrogen-bond acceptors (Lipinski definition) is 1. The maximum Gasteiger partial charge on any atom is 0.318 e. The molecule has 2 rings (SSSR count). The average Bonchev–Trinajstić information content (AvgIpc) is 2.54. The van der Waals surface area contributed by atoms with Gasteiger partial charge in [-0.2, -0.15) is 0 Å². The molecular weight excluding hydrogens is 260 g/mol. The fourth-order valence-corrected chi connectivity index (χ4v) is 2.15. The summed E-state index contributed by atoms with van der Waals surface area (Å²) in [6, 6.07) is 20.2. The van der Waals surface area contributed by atoms with Gasteiger partial charge in [-0.3, -0.25) is 0 Å². The molecule has 0 spiro atoms. The number of nitrogens with zero attached hydrogens (tertiary/aromatic N) is 1. The van der Waals surface area contributed by atoms with E-state index in [-0.39, 0.29) is 6.03 Å². The van der Waals surface area contributed by atoms with Crippen LogP contribution in [-0.2, 0) is 13.1 Å². The first-order chi connectivity index (χ1) is 10.3. The van der Waals surface area contributed by atoms with Gasteiger partial charge in [-0.05, 0) is 17.5 Å². The standard InChI is InChI=1S/C18H22N2O/c1-2-13-19-18(21)20(14-16-9-5-3-6-10-16)15-17-11-7-4-8-12-17/h3-12H,2,13-15H2,1H3,(H,19,21). The zero-order valence-electron chi connectivity index (χ0n) is 12.5. The van der Waals surface area contributed by atoms with Crippen molar-refractivity contribution in [1.29, 1.82) is 0 Å². The van der Waals surface area contributed by atoms with Gasteiger partial charge >= 0.3 is 6.03 Å². The number of carbonyl (C=O) groups excluding carboxylic acids is 1. The van der Waals surface area contributed by atoms with Crippen molar-refractivity contribution in [3.63, 3.8) is 0 Å². The first-order valence-corrected chi connectivity index (χ1v) is 7.40. The van der Waals surface area contributed by atoms with Gasteiger partial charge in [0.25, 0.3) is 0 Å². The van der Waals surface area contributed by atoms with Gasteiger partial charge in [-0.15, -0.1) is 0 Å². The molecule has 0 bridgehead atoms. The largest absolute Gasteiger partial charge is 0.338 e. The predicted molar refractivity (Wildman–Crippen MR) is 85.8 cm³/mol. The maximum atomic E-state index is 12.3. The Morgan fingerprint density at radius 2 is 1.38 bits per heavy atom. The lowest BCUT2D eigenvalue weighted by Gasteiger charge is -2.23. The van der Waals surface area contributed by atoms with Crippen LogP contribution in [0.4, 0.5) is 4.79 Å². The molecule has 0 saturated carbocycles. The van der Waals surface area contributed by atoms with Gasteiger partial charge in [0, 0.05) is 19.6 Å². The summed E-state index contributed by atoms with van der Waals surface area (Å²) in [6.45, 7) is 3.99. The van der Waals surface area contributed by atoms with Gasteiger partial charge in [0.15, 0.2) is 0 Å². The monoisotopic (exact) mass is 282 g/mol. The van der Waals surface area contributed by atoms with Crippen LogP contribution in [0.2, 0.25) is 0 Å². The molecule has 0 fully saturated rings. The molecule has 0 atom stereocenters. The Morgan fingerprint density at radius 1 is 0.905 bits per heavy atom. The summed E-state index contributed by atoms with van der Waals surface area (Å²) in [4.78, 5) is 14.2. The Kier molecular flexibility index (Phi) is 5.83.